The van der Waals surface area contributed by atoms with Crippen molar-refractivity contribution < 1.29 is 9.59 Å². The van der Waals surface area contributed by atoms with E-state index < -0.39 is 11.7 Å². The van der Waals surface area contributed by atoms with Gasteiger partial charge in [-0.2, -0.15) is 0 Å². The Morgan fingerprint density at radius 1 is 1.24 bits per heavy atom. The molecule has 3 aromatic rings. The molecule has 0 saturated carbocycles. The van der Waals surface area contributed by atoms with Gasteiger partial charge in [0.05, 0.1) is 11.3 Å². The Bertz CT molecular complexity index is 848. The highest BCUT2D eigenvalue weighted by atomic mass is 32.1. The summed E-state index contributed by atoms with van der Waals surface area (Å²) in [6, 6.07) is 7.42. The molecule has 21 heavy (non-hydrogen) atoms. The van der Waals surface area contributed by atoms with E-state index in [0.717, 1.165) is 16.6 Å². The van der Waals surface area contributed by atoms with E-state index in [2.05, 4.69) is 15.3 Å². The van der Waals surface area contributed by atoms with Crippen LogP contribution in [-0.4, -0.2) is 21.7 Å². The van der Waals surface area contributed by atoms with Crippen LogP contribution in [0.3, 0.4) is 0 Å². The number of nitrogens with zero attached hydrogens (tertiary/aromatic N) is 1. The number of benzene rings is 1. The van der Waals surface area contributed by atoms with E-state index in [1.54, 1.807) is 6.92 Å². The third-order valence-electron chi connectivity index (χ3n) is 3.17. The highest BCUT2D eigenvalue weighted by Gasteiger charge is 2.23. The summed E-state index contributed by atoms with van der Waals surface area (Å²) in [6.45, 7) is 3.62. The molecule has 0 aliphatic rings. The number of carbonyl (C=O) groups is 2. The number of rotatable bonds is 3. The molecule has 106 valence electrons. The summed E-state index contributed by atoms with van der Waals surface area (Å²) in [4.78, 5) is 31.7. The van der Waals surface area contributed by atoms with Gasteiger partial charge in [0, 0.05) is 22.0 Å². The Hall–Kier alpha value is -2.47. The van der Waals surface area contributed by atoms with Crippen LogP contribution in [0.5, 0.6) is 0 Å². The number of carbonyl (C=O) groups excluding carboxylic acids is 2. The van der Waals surface area contributed by atoms with E-state index in [9.17, 15) is 9.59 Å². The number of thiazole rings is 1. The minimum atomic E-state index is -0.669. The van der Waals surface area contributed by atoms with Crippen molar-refractivity contribution in [1.29, 1.82) is 0 Å². The van der Waals surface area contributed by atoms with Gasteiger partial charge in [0.25, 0.3) is 11.7 Å². The van der Waals surface area contributed by atoms with Crippen molar-refractivity contribution in [2.75, 3.05) is 5.32 Å². The van der Waals surface area contributed by atoms with Crippen molar-refractivity contribution in [1.82, 2.24) is 9.97 Å². The quantitative estimate of drug-likeness (QED) is 0.576. The van der Waals surface area contributed by atoms with Crippen LogP contribution < -0.4 is 5.32 Å². The number of hydrogen-bond donors (Lipinski definition) is 2. The monoisotopic (exact) mass is 299 g/mol. The topological polar surface area (TPSA) is 74.8 Å². The van der Waals surface area contributed by atoms with Crippen molar-refractivity contribution in [3.8, 4) is 0 Å². The predicted molar refractivity (Wildman–Crippen MR) is 82.8 cm³/mol. The number of hydrogen-bond acceptors (Lipinski definition) is 4. The fourth-order valence-corrected chi connectivity index (χ4v) is 2.93. The number of nitrogens with one attached hydrogen (secondary N) is 2. The fraction of sp³-hybridized carbons (Fsp3) is 0.133. The average Bonchev–Trinajstić information content (AvgIpc) is 3.00. The highest BCUT2D eigenvalue weighted by Crippen LogP contribution is 2.23. The van der Waals surface area contributed by atoms with Gasteiger partial charge in [-0.25, -0.2) is 4.98 Å². The van der Waals surface area contributed by atoms with Crippen molar-refractivity contribution in [3.63, 3.8) is 0 Å². The molecule has 0 aliphatic carbocycles. The molecule has 0 spiro atoms. The molecule has 3 rings (SSSR count). The van der Waals surface area contributed by atoms with Gasteiger partial charge in [-0.3, -0.25) is 14.9 Å². The minimum Gasteiger partial charge on any atom is -0.358 e. The zero-order valence-electron chi connectivity index (χ0n) is 11.6. The predicted octanol–water partition coefficient (Wildman–Crippen LogP) is 3.06. The third kappa shape index (κ3) is 2.45. The van der Waals surface area contributed by atoms with Crippen molar-refractivity contribution in [2.24, 2.45) is 0 Å². The Balaban J connectivity index is 1.93. The highest BCUT2D eigenvalue weighted by molar-refractivity contribution is 7.14. The molecule has 0 fully saturated rings. The van der Waals surface area contributed by atoms with Gasteiger partial charge in [-0.05, 0) is 19.9 Å². The number of aromatic amines is 1. The molecule has 2 N–H and O–H groups in total. The first kappa shape index (κ1) is 13.5. The third-order valence-corrected chi connectivity index (χ3v) is 4.04. The number of aryl methyl sites for hydroxylation is 2. The number of anilines is 1. The van der Waals surface area contributed by atoms with E-state index in [4.69, 9.17) is 0 Å². The summed E-state index contributed by atoms with van der Waals surface area (Å²) in [5, 5.41) is 5.55. The summed E-state index contributed by atoms with van der Waals surface area (Å²) in [6.07, 6.45) is 0. The number of para-hydroxylation sites is 1. The zero-order valence-corrected chi connectivity index (χ0v) is 12.4. The van der Waals surface area contributed by atoms with E-state index >= 15 is 0 Å². The summed E-state index contributed by atoms with van der Waals surface area (Å²) in [5.74, 6) is -1.23. The normalized spacial score (nSPS) is 10.8. The molecule has 5 nitrogen and oxygen atoms in total. The largest absolute Gasteiger partial charge is 0.358 e. The first-order valence-corrected chi connectivity index (χ1v) is 7.29. The Morgan fingerprint density at radius 2 is 2.00 bits per heavy atom. The second kappa shape index (κ2) is 5.14. The second-order valence-corrected chi connectivity index (χ2v) is 5.61. The summed E-state index contributed by atoms with van der Waals surface area (Å²) < 4.78 is 0. The molecule has 1 amide bonds. The molecule has 6 heteroatoms. The maximum Gasteiger partial charge on any atom is 0.298 e. The van der Waals surface area contributed by atoms with Gasteiger partial charge in [0.1, 0.15) is 0 Å². The lowest BCUT2D eigenvalue weighted by molar-refractivity contribution is -0.112. The van der Waals surface area contributed by atoms with E-state index in [1.807, 2.05) is 36.6 Å². The van der Waals surface area contributed by atoms with Gasteiger partial charge in [0.15, 0.2) is 5.13 Å². The first-order chi connectivity index (χ1) is 10.1. The maximum atomic E-state index is 12.4. The molecule has 0 radical (unpaired) electrons. The Labute approximate surface area is 125 Å². The molecular formula is C15H13N3O2S. The van der Waals surface area contributed by atoms with Gasteiger partial charge >= 0.3 is 0 Å². The van der Waals surface area contributed by atoms with Gasteiger partial charge < -0.3 is 4.98 Å². The fourth-order valence-electron chi connectivity index (χ4n) is 2.25. The number of aromatic nitrogens is 2. The molecule has 0 bridgehead atoms. The van der Waals surface area contributed by atoms with Crippen molar-refractivity contribution >= 4 is 39.1 Å². The van der Waals surface area contributed by atoms with Gasteiger partial charge in [-0.15, -0.1) is 11.3 Å². The molecule has 0 aliphatic heterocycles. The van der Waals surface area contributed by atoms with Crippen LogP contribution in [-0.2, 0) is 4.79 Å². The van der Waals surface area contributed by atoms with Crippen LogP contribution in [0.15, 0.2) is 29.6 Å². The number of amides is 1. The van der Waals surface area contributed by atoms with Crippen molar-refractivity contribution in [2.45, 2.75) is 13.8 Å². The number of fused-ring (bicyclic) bond motifs is 1. The van der Waals surface area contributed by atoms with Crippen LogP contribution in [0.2, 0.25) is 0 Å². The smallest absolute Gasteiger partial charge is 0.298 e. The Morgan fingerprint density at radius 3 is 2.71 bits per heavy atom. The number of ketones is 1. The Kier molecular flexibility index (Phi) is 3.31. The zero-order chi connectivity index (χ0) is 15.0. The van der Waals surface area contributed by atoms with Crippen LogP contribution in [0.25, 0.3) is 10.9 Å². The van der Waals surface area contributed by atoms with E-state index in [0.29, 0.717) is 16.4 Å². The standard InChI is InChI=1S/C15H13N3O2S/c1-8-7-21-15(16-8)18-14(20)13(19)12-9(2)17-11-6-4-3-5-10(11)12/h3-7,17H,1-2H3,(H,16,18,20). The van der Waals surface area contributed by atoms with Crippen LogP contribution in [0, 0.1) is 13.8 Å². The molecule has 1 aromatic carbocycles. The molecule has 2 aromatic heterocycles. The molecular weight excluding hydrogens is 286 g/mol. The van der Waals surface area contributed by atoms with Crippen LogP contribution in [0.1, 0.15) is 21.7 Å². The maximum absolute atomic E-state index is 12.4. The lowest BCUT2D eigenvalue weighted by atomic mass is 10.1. The minimum absolute atomic E-state index is 0.413. The van der Waals surface area contributed by atoms with Crippen molar-refractivity contribution in [3.05, 3.63) is 46.6 Å². The SMILES string of the molecule is Cc1csc(NC(=O)C(=O)c2c(C)[nH]c3ccccc23)n1. The molecule has 2 heterocycles. The second-order valence-electron chi connectivity index (χ2n) is 4.75. The van der Waals surface area contributed by atoms with Crippen LogP contribution in [0.4, 0.5) is 5.13 Å². The van der Waals surface area contributed by atoms with Gasteiger partial charge in [-0.1, -0.05) is 18.2 Å². The first-order valence-electron chi connectivity index (χ1n) is 6.41. The van der Waals surface area contributed by atoms with Gasteiger partial charge in [0.2, 0.25) is 0 Å². The molecule has 0 saturated heterocycles. The number of Topliss-reactive ketones (excluding diaryl/α,β-unsaturated/α-hetero) is 1. The molecule has 0 atom stereocenters. The van der Waals surface area contributed by atoms with Crippen LogP contribution >= 0.6 is 11.3 Å². The average molecular weight is 299 g/mol. The number of H-pyrrole nitrogens is 1. The summed E-state index contributed by atoms with van der Waals surface area (Å²) in [7, 11) is 0. The summed E-state index contributed by atoms with van der Waals surface area (Å²) >= 11 is 1.30. The molecule has 0 unspecified atom stereocenters. The summed E-state index contributed by atoms with van der Waals surface area (Å²) in [5.41, 5.74) is 2.75. The van der Waals surface area contributed by atoms with E-state index in [-0.39, 0.29) is 0 Å². The lowest BCUT2D eigenvalue weighted by Crippen LogP contribution is -2.23. The van der Waals surface area contributed by atoms with E-state index in [1.165, 1.54) is 11.3 Å². The lowest BCUT2D eigenvalue weighted by Gasteiger charge is -2.01.